The first-order valence-electron chi connectivity index (χ1n) is 7.06. The molecule has 3 rings (SSSR count). The molecule has 0 bridgehead atoms. The number of hydrogen-bond acceptors (Lipinski definition) is 5. The van der Waals surface area contributed by atoms with E-state index in [1.807, 2.05) is 12.1 Å². The van der Waals surface area contributed by atoms with E-state index in [9.17, 15) is 4.79 Å². The van der Waals surface area contributed by atoms with Crippen molar-refractivity contribution >= 4 is 28.1 Å². The van der Waals surface area contributed by atoms with Crippen LogP contribution in [0.5, 0.6) is 0 Å². The number of nitrogens with one attached hydrogen (secondary N) is 2. The lowest BCUT2D eigenvalue weighted by atomic mass is 10.2. The third kappa shape index (κ3) is 3.35. The molecule has 0 amide bonds. The summed E-state index contributed by atoms with van der Waals surface area (Å²) in [5.41, 5.74) is 1.28. The van der Waals surface area contributed by atoms with Crippen LogP contribution in [0.3, 0.4) is 0 Å². The van der Waals surface area contributed by atoms with Crippen LogP contribution in [-0.4, -0.2) is 29.0 Å². The van der Waals surface area contributed by atoms with E-state index in [-0.39, 0.29) is 5.56 Å². The van der Waals surface area contributed by atoms with Crippen LogP contribution in [0, 0.1) is 0 Å². The summed E-state index contributed by atoms with van der Waals surface area (Å²) in [6.07, 6.45) is 1.68. The van der Waals surface area contributed by atoms with E-state index in [2.05, 4.69) is 46.4 Å². The van der Waals surface area contributed by atoms with Gasteiger partial charge in [0.25, 0.3) is 5.56 Å². The van der Waals surface area contributed by atoms with E-state index in [4.69, 9.17) is 0 Å². The van der Waals surface area contributed by atoms with Gasteiger partial charge in [-0.2, -0.15) is 0 Å². The Bertz CT molecular complexity index is 837. The van der Waals surface area contributed by atoms with Gasteiger partial charge in [0.15, 0.2) is 0 Å². The Morgan fingerprint density at radius 1 is 1.27 bits per heavy atom. The molecule has 22 heavy (non-hydrogen) atoms. The third-order valence-corrected chi connectivity index (χ3v) is 4.33. The zero-order chi connectivity index (χ0) is 15.5. The second-order valence-corrected chi connectivity index (χ2v) is 6.66. The number of pyridine rings is 2. The van der Waals surface area contributed by atoms with Crippen molar-refractivity contribution < 1.29 is 0 Å². The van der Waals surface area contributed by atoms with Gasteiger partial charge in [-0.3, -0.25) is 4.79 Å². The molecule has 0 saturated carbocycles. The van der Waals surface area contributed by atoms with Gasteiger partial charge in [-0.05, 0) is 38.4 Å². The highest BCUT2D eigenvalue weighted by molar-refractivity contribution is 7.12. The van der Waals surface area contributed by atoms with E-state index >= 15 is 0 Å². The Morgan fingerprint density at radius 2 is 2.09 bits per heavy atom. The van der Waals surface area contributed by atoms with Crippen LogP contribution in [0.15, 0.2) is 41.3 Å². The molecule has 0 spiro atoms. The predicted molar refractivity (Wildman–Crippen MR) is 91.4 cm³/mol. The fourth-order valence-corrected chi connectivity index (χ4v) is 3.40. The van der Waals surface area contributed by atoms with Crippen molar-refractivity contribution in [3.05, 3.63) is 56.6 Å². The number of rotatable bonds is 5. The fourth-order valence-electron chi connectivity index (χ4n) is 2.33. The van der Waals surface area contributed by atoms with Gasteiger partial charge in [-0.25, -0.2) is 4.98 Å². The zero-order valence-corrected chi connectivity index (χ0v) is 13.4. The van der Waals surface area contributed by atoms with Gasteiger partial charge in [0.2, 0.25) is 0 Å². The molecule has 0 atom stereocenters. The van der Waals surface area contributed by atoms with Crippen molar-refractivity contribution in [2.24, 2.45) is 0 Å². The van der Waals surface area contributed by atoms with Crippen molar-refractivity contribution in [1.29, 1.82) is 0 Å². The molecule has 2 N–H and O–H groups in total. The monoisotopic (exact) mass is 314 g/mol. The zero-order valence-electron chi connectivity index (χ0n) is 12.6. The molecule has 0 aliphatic heterocycles. The number of fused-ring (bicyclic) bond motifs is 1. The molecule has 3 aromatic heterocycles. The largest absolute Gasteiger partial charge is 0.379 e. The van der Waals surface area contributed by atoms with Crippen LogP contribution in [0.25, 0.3) is 11.0 Å². The van der Waals surface area contributed by atoms with Crippen LogP contribution in [0.2, 0.25) is 0 Å². The molecule has 5 nitrogen and oxygen atoms in total. The first-order valence-corrected chi connectivity index (χ1v) is 7.88. The third-order valence-electron chi connectivity index (χ3n) is 3.26. The number of thiophene rings is 1. The summed E-state index contributed by atoms with van der Waals surface area (Å²) in [6, 6.07) is 9.68. The van der Waals surface area contributed by atoms with Gasteiger partial charge in [0, 0.05) is 40.5 Å². The van der Waals surface area contributed by atoms with Crippen LogP contribution in [-0.2, 0) is 13.1 Å². The van der Waals surface area contributed by atoms with Crippen molar-refractivity contribution in [2.45, 2.75) is 13.1 Å². The first kappa shape index (κ1) is 14.7. The van der Waals surface area contributed by atoms with E-state index in [0.29, 0.717) is 12.2 Å². The molecule has 3 aromatic rings. The van der Waals surface area contributed by atoms with Crippen LogP contribution in [0.1, 0.15) is 9.75 Å². The van der Waals surface area contributed by atoms with Crippen LogP contribution in [0.4, 0.5) is 5.69 Å². The topological polar surface area (TPSA) is 61.0 Å². The van der Waals surface area contributed by atoms with Crippen molar-refractivity contribution in [2.75, 3.05) is 19.4 Å². The number of anilines is 1. The molecule has 0 unspecified atom stereocenters. The molecule has 114 valence electrons. The second-order valence-electron chi connectivity index (χ2n) is 5.41. The van der Waals surface area contributed by atoms with E-state index in [1.54, 1.807) is 23.6 Å². The summed E-state index contributed by atoms with van der Waals surface area (Å²) in [5, 5.41) is 4.27. The highest BCUT2D eigenvalue weighted by Gasteiger charge is 2.05. The highest BCUT2D eigenvalue weighted by atomic mass is 32.1. The summed E-state index contributed by atoms with van der Waals surface area (Å²) >= 11 is 1.78. The minimum atomic E-state index is -0.145. The van der Waals surface area contributed by atoms with E-state index in [0.717, 1.165) is 17.6 Å². The predicted octanol–water partition coefficient (Wildman–Crippen LogP) is 2.66. The van der Waals surface area contributed by atoms with Crippen LogP contribution >= 0.6 is 11.3 Å². The lowest BCUT2D eigenvalue weighted by molar-refractivity contribution is 0.406. The SMILES string of the molecule is CN(C)Cc1ccc(CNc2cc(=O)[nH]c3ncccc23)s1. The number of nitrogens with zero attached hydrogens (tertiary/aromatic N) is 2. The summed E-state index contributed by atoms with van der Waals surface area (Å²) in [6.45, 7) is 1.65. The molecule has 0 radical (unpaired) electrons. The number of hydrogen-bond donors (Lipinski definition) is 2. The Kier molecular flexibility index (Phi) is 4.22. The van der Waals surface area contributed by atoms with Gasteiger partial charge in [0.1, 0.15) is 5.65 Å². The Hall–Kier alpha value is -2.18. The number of aromatic amines is 1. The summed E-state index contributed by atoms with van der Waals surface area (Å²) < 4.78 is 0. The molecule has 0 fully saturated rings. The van der Waals surface area contributed by atoms with Crippen molar-refractivity contribution in [3.63, 3.8) is 0 Å². The smallest absolute Gasteiger partial charge is 0.251 e. The molecule has 0 aliphatic rings. The maximum absolute atomic E-state index is 11.7. The maximum Gasteiger partial charge on any atom is 0.251 e. The lowest BCUT2D eigenvalue weighted by Gasteiger charge is -2.08. The van der Waals surface area contributed by atoms with Crippen molar-refractivity contribution in [3.8, 4) is 0 Å². The van der Waals surface area contributed by atoms with Crippen LogP contribution < -0.4 is 10.9 Å². The molecule has 3 heterocycles. The first-order chi connectivity index (χ1) is 10.6. The summed E-state index contributed by atoms with van der Waals surface area (Å²) in [5.74, 6) is 0. The highest BCUT2D eigenvalue weighted by Crippen LogP contribution is 2.22. The Labute approximate surface area is 132 Å². The van der Waals surface area contributed by atoms with E-state index < -0.39 is 0 Å². The van der Waals surface area contributed by atoms with Gasteiger partial charge >= 0.3 is 0 Å². The molecule has 0 aliphatic carbocycles. The molecule has 0 saturated heterocycles. The van der Waals surface area contributed by atoms with Crippen molar-refractivity contribution in [1.82, 2.24) is 14.9 Å². The Balaban J connectivity index is 1.79. The summed E-state index contributed by atoms with van der Waals surface area (Å²) in [4.78, 5) is 23.4. The number of H-pyrrole nitrogens is 1. The second kappa shape index (κ2) is 6.29. The van der Waals surface area contributed by atoms with Gasteiger partial charge in [-0.1, -0.05) is 0 Å². The average molecular weight is 314 g/mol. The molecule has 6 heteroatoms. The standard InChI is InChI=1S/C16H18N4OS/c1-20(2)10-12-6-5-11(22-12)9-18-14-8-15(21)19-16-13(14)4-3-7-17-16/h3-8H,9-10H2,1-2H3,(H2,17,18,19,21). The normalized spacial score (nSPS) is 11.2. The minimum absolute atomic E-state index is 0.145. The number of aromatic nitrogens is 2. The molecular weight excluding hydrogens is 296 g/mol. The fraction of sp³-hybridized carbons (Fsp3) is 0.250. The molecule has 0 aromatic carbocycles. The van der Waals surface area contributed by atoms with Gasteiger partial charge in [0.05, 0.1) is 5.69 Å². The summed E-state index contributed by atoms with van der Waals surface area (Å²) in [7, 11) is 4.13. The lowest BCUT2D eigenvalue weighted by Crippen LogP contribution is -2.09. The van der Waals surface area contributed by atoms with Gasteiger partial charge < -0.3 is 15.2 Å². The quantitative estimate of drug-likeness (QED) is 0.760. The molecular formula is C16H18N4OS. The average Bonchev–Trinajstić information content (AvgIpc) is 2.91. The van der Waals surface area contributed by atoms with E-state index in [1.165, 1.54) is 9.75 Å². The Morgan fingerprint density at radius 3 is 2.91 bits per heavy atom. The maximum atomic E-state index is 11.7. The van der Waals surface area contributed by atoms with Gasteiger partial charge in [-0.15, -0.1) is 11.3 Å². The minimum Gasteiger partial charge on any atom is -0.379 e.